The van der Waals surface area contributed by atoms with E-state index >= 15 is 0 Å². The van der Waals surface area contributed by atoms with Crippen LogP contribution in [-0.4, -0.2) is 28.2 Å². The van der Waals surface area contributed by atoms with Gasteiger partial charge in [-0.15, -0.1) is 0 Å². The van der Waals surface area contributed by atoms with E-state index in [1.807, 2.05) is 19.1 Å². The Morgan fingerprint density at radius 1 is 1.12 bits per heavy atom. The number of hydrogen-bond acceptors (Lipinski definition) is 4. The van der Waals surface area contributed by atoms with Gasteiger partial charge in [-0.05, 0) is 42.3 Å². The van der Waals surface area contributed by atoms with Gasteiger partial charge in [-0.25, -0.2) is 4.79 Å². The summed E-state index contributed by atoms with van der Waals surface area (Å²) in [6, 6.07) is 11.3. The number of carboxylic acids is 1. The summed E-state index contributed by atoms with van der Waals surface area (Å²) in [5.41, 5.74) is 2.83. The second kappa shape index (κ2) is 6.12. The molecule has 0 atom stereocenters. The zero-order valence-corrected chi connectivity index (χ0v) is 13.0. The molecule has 0 fully saturated rings. The van der Waals surface area contributed by atoms with Crippen LogP contribution >= 0.6 is 0 Å². The van der Waals surface area contributed by atoms with Crippen molar-refractivity contribution >= 4 is 29.4 Å². The molecule has 1 aliphatic carbocycles. The van der Waals surface area contributed by atoms with Gasteiger partial charge in [-0.1, -0.05) is 19.1 Å². The lowest BCUT2D eigenvalue weighted by Gasteiger charge is -2.01. The number of Topliss-reactive ketones (excluding diaryl/α,β-unsaturated/α-hetero) is 1. The van der Waals surface area contributed by atoms with Crippen LogP contribution in [0.5, 0.6) is 0 Å². The average Bonchev–Trinajstić information content (AvgIpc) is 2.84. The van der Waals surface area contributed by atoms with Crippen molar-refractivity contribution in [1.82, 2.24) is 0 Å². The molecule has 24 heavy (non-hydrogen) atoms. The van der Waals surface area contributed by atoms with Crippen molar-refractivity contribution in [2.45, 2.75) is 13.3 Å². The fourth-order valence-electron chi connectivity index (χ4n) is 2.55. The van der Waals surface area contributed by atoms with Crippen LogP contribution in [0.15, 0.2) is 53.0 Å². The highest BCUT2D eigenvalue weighted by Crippen LogP contribution is 2.31. The van der Waals surface area contributed by atoms with Crippen LogP contribution in [0, 0.1) is 0 Å². The second-order valence-electron chi connectivity index (χ2n) is 5.44. The van der Waals surface area contributed by atoms with Gasteiger partial charge >= 0.3 is 5.97 Å². The Hall–Kier alpha value is -3.21. The number of nitrogens with zero attached hydrogens (tertiary/aromatic N) is 1. The van der Waals surface area contributed by atoms with Crippen molar-refractivity contribution in [3.8, 4) is 0 Å². The minimum atomic E-state index is -1.01. The van der Waals surface area contributed by atoms with E-state index in [0.717, 1.165) is 12.0 Å². The molecule has 0 radical (unpaired) electrons. The molecule has 0 amide bonds. The molecule has 0 spiro atoms. The summed E-state index contributed by atoms with van der Waals surface area (Å²) >= 11 is 0. The van der Waals surface area contributed by atoms with E-state index in [1.54, 1.807) is 18.2 Å². The molecule has 0 saturated carbocycles. The van der Waals surface area contributed by atoms with Crippen LogP contribution in [0.25, 0.3) is 5.76 Å². The Kier molecular flexibility index (Phi) is 4.00. The quantitative estimate of drug-likeness (QED) is 0.838. The van der Waals surface area contributed by atoms with Crippen LogP contribution in [0.2, 0.25) is 0 Å². The monoisotopic (exact) mass is 321 g/mol. The lowest BCUT2D eigenvalue weighted by atomic mass is 10.0. The molecule has 0 bridgehead atoms. The molecule has 5 nitrogen and oxygen atoms in total. The lowest BCUT2D eigenvalue weighted by molar-refractivity contribution is 0.0696. The molecule has 0 aliphatic heterocycles. The van der Waals surface area contributed by atoms with E-state index in [9.17, 15) is 14.7 Å². The predicted octanol–water partition coefficient (Wildman–Crippen LogP) is 3.82. The highest BCUT2D eigenvalue weighted by Gasteiger charge is 2.28. The smallest absolute Gasteiger partial charge is 0.335 e. The van der Waals surface area contributed by atoms with Crippen LogP contribution in [0.1, 0.15) is 38.8 Å². The van der Waals surface area contributed by atoms with E-state index in [4.69, 9.17) is 5.11 Å². The van der Waals surface area contributed by atoms with E-state index in [0.29, 0.717) is 16.8 Å². The highest BCUT2D eigenvalue weighted by molar-refractivity contribution is 6.30. The average molecular weight is 321 g/mol. The molecular weight excluding hydrogens is 306 g/mol. The number of carboxylic acid groups (broad SMARTS) is 1. The van der Waals surface area contributed by atoms with Crippen molar-refractivity contribution < 1.29 is 19.8 Å². The first kappa shape index (κ1) is 15.7. The Balaban J connectivity index is 1.90. The molecule has 0 heterocycles. The van der Waals surface area contributed by atoms with E-state index in [1.165, 1.54) is 18.3 Å². The number of fused-ring (bicyclic) bond motifs is 1. The number of aliphatic imine (C=N–C) groups is 1. The maximum Gasteiger partial charge on any atom is 0.335 e. The molecule has 0 unspecified atom stereocenters. The molecule has 3 rings (SSSR count). The minimum absolute atomic E-state index is 0.0730. The summed E-state index contributed by atoms with van der Waals surface area (Å²) < 4.78 is 0. The van der Waals surface area contributed by atoms with Crippen LogP contribution in [-0.2, 0) is 6.42 Å². The third-order valence-corrected chi connectivity index (χ3v) is 3.95. The van der Waals surface area contributed by atoms with Gasteiger partial charge < -0.3 is 10.2 Å². The first-order valence-corrected chi connectivity index (χ1v) is 7.50. The van der Waals surface area contributed by atoms with Gasteiger partial charge in [0.2, 0.25) is 0 Å². The van der Waals surface area contributed by atoms with E-state index in [2.05, 4.69) is 4.99 Å². The largest absolute Gasteiger partial charge is 0.506 e. The summed E-state index contributed by atoms with van der Waals surface area (Å²) in [6.45, 7) is 2.00. The van der Waals surface area contributed by atoms with E-state index in [-0.39, 0.29) is 22.7 Å². The first-order chi connectivity index (χ1) is 11.5. The Labute approximate surface area is 138 Å². The molecule has 1 aliphatic rings. The van der Waals surface area contributed by atoms with Crippen LogP contribution in [0.4, 0.5) is 5.69 Å². The Bertz CT molecular complexity index is 892. The topological polar surface area (TPSA) is 87.0 Å². The van der Waals surface area contributed by atoms with Crippen molar-refractivity contribution in [2.24, 2.45) is 4.99 Å². The predicted molar refractivity (Wildman–Crippen MR) is 91.3 cm³/mol. The molecule has 0 aromatic heterocycles. The number of aryl methyl sites for hydroxylation is 1. The zero-order valence-electron chi connectivity index (χ0n) is 13.0. The number of benzene rings is 2. The van der Waals surface area contributed by atoms with E-state index < -0.39 is 5.97 Å². The number of aliphatic hydroxyl groups excluding tert-OH is 1. The number of aliphatic hydroxyl groups is 1. The third-order valence-electron chi connectivity index (χ3n) is 3.95. The molecule has 2 aromatic rings. The van der Waals surface area contributed by atoms with Gasteiger partial charge in [-0.3, -0.25) is 9.79 Å². The molecule has 2 aromatic carbocycles. The summed E-state index contributed by atoms with van der Waals surface area (Å²) in [5, 5.41) is 19.2. The highest BCUT2D eigenvalue weighted by atomic mass is 16.4. The number of aromatic carboxylic acids is 1. The zero-order chi connectivity index (χ0) is 17.3. The fraction of sp³-hybridized carbons (Fsp3) is 0.105. The minimum Gasteiger partial charge on any atom is -0.506 e. The van der Waals surface area contributed by atoms with Gasteiger partial charge in [0.15, 0.2) is 5.78 Å². The maximum atomic E-state index is 12.4. The number of carbonyl (C=O) groups excluding carboxylic acids is 1. The fourth-order valence-corrected chi connectivity index (χ4v) is 2.55. The van der Waals surface area contributed by atoms with Gasteiger partial charge in [0.25, 0.3) is 0 Å². The first-order valence-electron chi connectivity index (χ1n) is 7.50. The van der Waals surface area contributed by atoms with Crippen LogP contribution in [0.3, 0.4) is 0 Å². The van der Waals surface area contributed by atoms with Gasteiger partial charge in [0.05, 0.1) is 16.8 Å². The molecule has 0 saturated heterocycles. The van der Waals surface area contributed by atoms with Crippen molar-refractivity contribution in [1.29, 1.82) is 0 Å². The molecule has 5 heteroatoms. The summed E-state index contributed by atoms with van der Waals surface area (Å²) in [5.74, 6) is -1.36. The van der Waals surface area contributed by atoms with Crippen molar-refractivity contribution in [3.05, 3.63) is 70.3 Å². The number of allylic oxidation sites excluding steroid dienone is 1. The maximum absolute atomic E-state index is 12.4. The van der Waals surface area contributed by atoms with Gasteiger partial charge in [0, 0.05) is 17.3 Å². The number of rotatable bonds is 4. The standard InChI is InChI=1S/C19H15NO4/c1-2-11-3-8-14-15(9-11)18(22)16(17(14)21)10-20-13-6-4-12(5-7-13)19(23)24/h3-10,22H,2H2,1H3,(H,23,24). The molecule has 2 N–H and O–H groups in total. The lowest BCUT2D eigenvalue weighted by Crippen LogP contribution is -2.00. The second-order valence-corrected chi connectivity index (χ2v) is 5.44. The Morgan fingerprint density at radius 3 is 2.46 bits per heavy atom. The third kappa shape index (κ3) is 2.72. The van der Waals surface area contributed by atoms with Crippen LogP contribution < -0.4 is 0 Å². The molecular formula is C19H15NO4. The van der Waals surface area contributed by atoms with Crippen molar-refractivity contribution in [3.63, 3.8) is 0 Å². The number of carbonyl (C=O) groups is 2. The van der Waals surface area contributed by atoms with Gasteiger partial charge in [-0.2, -0.15) is 0 Å². The van der Waals surface area contributed by atoms with Gasteiger partial charge in [0.1, 0.15) is 5.76 Å². The number of hydrogen-bond donors (Lipinski definition) is 2. The summed E-state index contributed by atoms with van der Waals surface area (Å²) in [7, 11) is 0. The summed E-state index contributed by atoms with van der Waals surface area (Å²) in [4.78, 5) is 27.4. The van der Waals surface area contributed by atoms with Crippen molar-refractivity contribution in [2.75, 3.05) is 0 Å². The molecule has 120 valence electrons. The number of ketones is 1. The SMILES string of the molecule is CCc1ccc2c(c1)C(O)=C(C=Nc1ccc(C(=O)O)cc1)C2=O. The summed E-state index contributed by atoms with van der Waals surface area (Å²) in [6.07, 6.45) is 2.13. The Morgan fingerprint density at radius 2 is 1.83 bits per heavy atom. The normalized spacial score (nSPS) is 13.6.